The smallest absolute Gasteiger partial charge is 0.252 e. The fourth-order valence-electron chi connectivity index (χ4n) is 11.9. The summed E-state index contributed by atoms with van der Waals surface area (Å²) in [6.45, 7) is 7.00. The Labute approximate surface area is 325 Å². The highest BCUT2D eigenvalue weighted by molar-refractivity contribution is 7.00. The maximum atomic E-state index is 2.71. The number of fused-ring (bicyclic) bond motifs is 14. The van der Waals surface area contributed by atoms with Crippen molar-refractivity contribution in [2.75, 3.05) is 0 Å². The lowest BCUT2D eigenvalue weighted by atomic mass is 9.33. The van der Waals surface area contributed by atoms with Crippen LogP contribution >= 0.6 is 0 Å². The molecule has 0 amide bonds. The molecular formula is C53H35BN2. The molecule has 0 bridgehead atoms. The molecular weight excluding hydrogens is 675 g/mol. The van der Waals surface area contributed by atoms with E-state index in [4.69, 9.17) is 0 Å². The van der Waals surface area contributed by atoms with Crippen LogP contribution in [0.1, 0.15) is 48.6 Å². The average molecular weight is 711 g/mol. The highest BCUT2D eigenvalue weighted by Gasteiger charge is 2.54. The summed E-state index contributed by atoms with van der Waals surface area (Å²) in [6, 6.07) is 61.0. The maximum absolute atomic E-state index is 2.71. The van der Waals surface area contributed by atoms with Crippen molar-refractivity contribution in [3.05, 3.63) is 186 Å². The van der Waals surface area contributed by atoms with Crippen molar-refractivity contribution in [1.82, 2.24) is 9.13 Å². The van der Waals surface area contributed by atoms with E-state index < -0.39 is 5.41 Å². The van der Waals surface area contributed by atoms with Gasteiger partial charge in [0.1, 0.15) is 0 Å². The first kappa shape index (κ1) is 29.7. The first-order valence-corrected chi connectivity index (χ1v) is 20.1. The Bertz CT molecular complexity index is 3410. The van der Waals surface area contributed by atoms with E-state index in [0.29, 0.717) is 0 Å². The van der Waals surface area contributed by atoms with E-state index in [1.165, 1.54) is 121 Å². The summed E-state index contributed by atoms with van der Waals surface area (Å²) in [4.78, 5) is 0. The lowest BCUT2D eigenvalue weighted by Gasteiger charge is -2.44. The lowest BCUT2D eigenvalue weighted by molar-refractivity contribution is 0.590. The van der Waals surface area contributed by atoms with Crippen molar-refractivity contribution >= 4 is 66.7 Å². The predicted octanol–water partition coefficient (Wildman–Crippen LogP) is 10.7. The molecule has 5 heterocycles. The predicted molar refractivity (Wildman–Crippen MR) is 235 cm³/mol. The van der Waals surface area contributed by atoms with Crippen molar-refractivity contribution in [3.8, 4) is 33.6 Å². The van der Waals surface area contributed by atoms with Crippen LogP contribution in [0.4, 0.5) is 0 Å². The molecule has 0 fully saturated rings. The summed E-state index contributed by atoms with van der Waals surface area (Å²) in [5, 5.41) is 5.31. The largest absolute Gasteiger partial charge is 0.310 e. The Morgan fingerprint density at radius 2 is 1.00 bits per heavy atom. The van der Waals surface area contributed by atoms with Gasteiger partial charge in [-0.05, 0) is 78.4 Å². The number of aromatic nitrogens is 2. The van der Waals surface area contributed by atoms with Crippen LogP contribution in [0.15, 0.2) is 158 Å². The standard InChI is InChI=1S/C53H35BN2/c1-52(2,3)31-27-25-30(26-28-31)38-29-42-51-46-50(38)55-45-24-9-6-15-34(45)35-17-11-22-43(48(35)55)54(46)44-23-12-18-37-36-16-10-21-41(47(36)56(51)49(37)44)53(42)39-19-7-4-13-32(39)33-14-5-8-20-40(33)53/h4-29H,1-3H3. The Hall–Kier alpha value is -6.58. The fraction of sp³-hybridized carbons (Fsp3) is 0.0943. The summed E-state index contributed by atoms with van der Waals surface area (Å²) >= 11 is 0. The van der Waals surface area contributed by atoms with Gasteiger partial charge in [0.05, 0.1) is 22.1 Å². The molecule has 8 aromatic carbocycles. The number of para-hydroxylation sites is 4. The molecule has 3 heteroatoms. The van der Waals surface area contributed by atoms with Crippen LogP contribution in [0.2, 0.25) is 0 Å². The first-order valence-electron chi connectivity index (χ1n) is 20.1. The van der Waals surface area contributed by atoms with Crippen LogP contribution in [-0.2, 0) is 10.8 Å². The van der Waals surface area contributed by atoms with Gasteiger partial charge in [-0.2, -0.15) is 0 Å². The second-order valence-electron chi connectivity index (χ2n) is 17.6. The van der Waals surface area contributed by atoms with Gasteiger partial charge >= 0.3 is 0 Å². The van der Waals surface area contributed by atoms with E-state index in [1.54, 1.807) is 0 Å². The van der Waals surface area contributed by atoms with Crippen molar-refractivity contribution in [2.24, 2.45) is 0 Å². The van der Waals surface area contributed by atoms with Gasteiger partial charge in [0.15, 0.2) is 0 Å². The van der Waals surface area contributed by atoms with Crippen LogP contribution < -0.4 is 16.4 Å². The number of nitrogens with zero attached hydrogens (tertiary/aromatic N) is 2. The van der Waals surface area contributed by atoms with Gasteiger partial charge in [0.2, 0.25) is 0 Å². The first-order chi connectivity index (χ1) is 27.5. The van der Waals surface area contributed by atoms with E-state index in [0.717, 1.165) is 0 Å². The molecule has 0 unspecified atom stereocenters. The zero-order valence-electron chi connectivity index (χ0n) is 31.5. The third kappa shape index (κ3) is 3.14. The summed E-state index contributed by atoms with van der Waals surface area (Å²) < 4.78 is 5.35. The summed E-state index contributed by atoms with van der Waals surface area (Å²) in [6.07, 6.45) is 0. The third-order valence-electron chi connectivity index (χ3n) is 14.1. The van der Waals surface area contributed by atoms with Crippen LogP contribution in [0.25, 0.3) is 77.2 Å². The molecule has 10 aromatic rings. The minimum absolute atomic E-state index is 0.0569. The number of rotatable bonds is 1. The Morgan fingerprint density at radius 1 is 0.446 bits per heavy atom. The maximum Gasteiger partial charge on any atom is 0.252 e. The lowest BCUT2D eigenvalue weighted by Crippen LogP contribution is -2.60. The van der Waals surface area contributed by atoms with E-state index >= 15 is 0 Å². The highest BCUT2D eigenvalue weighted by atomic mass is 15.1. The van der Waals surface area contributed by atoms with Crippen LogP contribution in [0.3, 0.4) is 0 Å². The van der Waals surface area contributed by atoms with Crippen molar-refractivity contribution < 1.29 is 0 Å². The van der Waals surface area contributed by atoms with Crippen LogP contribution in [-0.4, -0.2) is 15.8 Å². The molecule has 1 spiro atoms. The second kappa shape index (κ2) is 9.62. The molecule has 2 nitrogen and oxygen atoms in total. The van der Waals surface area contributed by atoms with Crippen LogP contribution in [0.5, 0.6) is 0 Å². The van der Waals surface area contributed by atoms with Crippen molar-refractivity contribution in [2.45, 2.75) is 31.6 Å². The number of hydrogen-bond acceptors (Lipinski definition) is 0. The van der Waals surface area contributed by atoms with Crippen molar-refractivity contribution in [3.63, 3.8) is 0 Å². The summed E-state index contributed by atoms with van der Waals surface area (Å²) in [7, 11) is 0. The molecule has 4 aliphatic rings. The Balaban J connectivity index is 1.28. The monoisotopic (exact) mass is 710 g/mol. The van der Waals surface area contributed by atoms with Gasteiger partial charge in [0.25, 0.3) is 6.71 Å². The molecule has 0 radical (unpaired) electrons. The van der Waals surface area contributed by atoms with Gasteiger partial charge in [-0.15, -0.1) is 0 Å². The molecule has 1 aliphatic carbocycles. The zero-order valence-corrected chi connectivity index (χ0v) is 31.5. The molecule has 0 N–H and O–H groups in total. The summed E-state index contributed by atoms with van der Waals surface area (Å²) in [5.74, 6) is 0. The molecule has 14 rings (SSSR count). The summed E-state index contributed by atoms with van der Waals surface area (Å²) in [5.41, 5.74) is 23.8. The molecule has 0 atom stereocenters. The average Bonchev–Trinajstić information content (AvgIpc) is 3.86. The van der Waals surface area contributed by atoms with Gasteiger partial charge in [0, 0.05) is 43.8 Å². The minimum atomic E-state index is -0.505. The topological polar surface area (TPSA) is 9.86 Å². The molecule has 0 saturated carbocycles. The van der Waals surface area contributed by atoms with Crippen LogP contribution in [0, 0.1) is 0 Å². The van der Waals surface area contributed by atoms with Crippen molar-refractivity contribution in [1.29, 1.82) is 0 Å². The normalized spacial score (nSPS) is 14.8. The van der Waals surface area contributed by atoms with E-state index in [-0.39, 0.29) is 12.1 Å². The quantitative estimate of drug-likeness (QED) is 0.150. The highest BCUT2D eigenvalue weighted by Crippen LogP contribution is 2.62. The van der Waals surface area contributed by atoms with E-state index in [1.807, 2.05) is 0 Å². The van der Waals surface area contributed by atoms with Gasteiger partial charge < -0.3 is 9.13 Å². The molecule has 2 aromatic heterocycles. The molecule has 0 saturated heterocycles. The zero-order chi connectivity index (χ0) is 36.8. The van der Waals surface area contributed by atoms with Gasteiger partial charge in [-0.3, -0.25) is 0 Å². The molecule has 3 aliphatic heterocycles. The van der Waals surface area contributed by atoms with Gasteiger partial charge in [-0.25, -0.2) is 0 Å². The minimum Gasteiger partial charge on any atom is -0.310 e. The fourth-order valence-corrected chi connectivity index (χ4v) is 11.9. The molecule has 56 heavy (non-hydrogen) atoms. The number of hydrogen-bond donors (Lipinski definition) is 0. The van der Waals surface area contributed by atoms with E-state index in [9.17, 15) is 0 Å². The second-order valence-corrected chi connectivity index (χ2v) is 17.6. The number of benzene rings is 8. The third-order valence-corrected chi connectivity index (χ3v) is 14.1. The molecule has 260 valence electrons. The van der Waals surface area contributed by atoms with E-state index in [2.05, 4.69) is 188 Å². The Morgan fingerprint density at radius 3 is 1.70 bits per heavy atom. The SMILES string of the molecule is CC(C)(C)c1ccc(-c2cc3c4c5c2-n2c6ccccc6c6cccc(c62)B5c2cccc5c6cccc(c6n-4c25)C32c3ccccc3-c3ccccc32)cc1. The Kier molecular flexibility index (Phi) is 5.11. The van der Waals surface area contributed by atoms with Gasteiger partial charge in [-0.1, -0.05) is 166 Å².